The predicted molar refractivity (Wildman–Crippen MR) is 92.6 cm³/mol. The van der Waals surface area contributed by atoms with Gasteiger partial charge >= 0.3 is 12.1 Å². The highest BCUT2D eigenvalue weighted by Crippen LogP contribution is 2.30. The Bertz CT molecular complexity index is 858. The Kier molecular flexibility index (Phi) is 5.68. The fourth-order valence-electron chi connectivity index (χ4n) is 3.14. The highest BCUT2D eigenvalue weighted by molar-refractivity contribution is 5.91. The topological polar surface area (TPSA) is 88.6 Å². The minimum Gasteiger partial charge on any atom is -0.395 e. The van der Waals surface area contributed by atoms with Crippen LogP contribution in [0.1, 0.15) is 34.5 Å². The largest absolute Gasteiger partial charge is 0.433 e. The number of carbonyl (C=O) groups excluding carboxylic acids is 1. The lowest BCUT2D eigenvalue weighted by Gasteiger charge is -2.32. The summed E-state index contributed by atoms with van der Waals surface area (Å²) in [4.78, 5) is 24.0. The van der Waals surface area contributed by atoms with E-state index in [9.17, 15) is 28.1 Å². The molecule has 10 heteroatoms. The molecular weight excluding hydrogens is 379 g/mol. The van der Waals surface area contributed by atoms with Gasteiger partial charge in [-0.1, -0.05) is 18.2 Å². The van der Waals surface area contributed by atoms with Crippen molar-refractivity contribution in [3.8, 4) is 0 Å². The molecule has 1 amide bonds. The molecule has 0 unspecified atom stereocenters. The molecule has 0 spiro atoms. The second kappa shape index (κ2) is 8.01. The van der Waals surface area contributed by atoms with Gasteiger partial charge in [-0.3, -0.25) is 19.8 Å². The van der Waals surface area contributed by atoms with Crippen molar-refractivity contribution in [2.75, 3.05) is 13.1 Å². The zero-order valence-electron chi connectivity index (χ0n) is 14.7. The summed E-state index contributed by atoms with van der Waals surface area (Å²) in [5.41, 5.74) is -0.0834. The lowest BCUT2D eigenvalue weighted by molar-refractivity contribution is -0.402. The Morgan fingerprint density at radius 3 is 2.57 bits per heavy atom. The monoisotopic (exact) mass is 397 g/mol. The standard InChI is InChI=1S/C18H18F3N3O4/c19-18(20,21)13-3-1-2-12(10-13)11-23-8-6-14(7-9-23)22-17(25)15-4-5-16(28-15)24(26)27/h1-5,10,14H,6-9,11H2,(H,22,25). The van der Waals surface area contributed by atoms with Gasteiger partial charge in [-0.25, -0.2) is 0 Å². The van der Waals surface area contributed by atoms with Crippen LogP contribution in [0.4, 0.5) is 19.1 Å². The van der Waals surface area contributed by atoms with Crippen molar-refractivity contribution in [1.82, 2.24) is 10.2 Å². The molecule has 0 saturated carbocycles. The summed E-state index contributed by atoms with van der Waals surface area (Å²) in [7, 11) is 0. The number of piperidine rings is 1. The van der Waals surface area contributed by atoms with Crippen LogP contribution in [0, 0.1) is 10.1 Å². The van der Waals surface area contributed by atoms with E-state index in [1.165, 1.54) is 12.1 Å². The summed E-state index contributed by atoms with van der Waals surface area (Å²) >= 11 is 0. The van der Waals surface area contributed by atoms with Crippen molar-refractivity contribution in [3.63, 3.8) is 0 Å². The molecule has 1 aliphatic heterocycles. The Labute approximate surface area is 158 Å². The van der Waals surface area contributed by atoms with Gasteiger partial charge in [0.2, 0.25) is 0 Å². The minimum atomic E-state index is -4.37. The van der Waals surface area contributed by atoms with Crippen molar-refractivity contribution in [3.05, 3.63) is 63.4 Å². The molecule has 1 aromatic carbocycles. The third-order valence-corrected chi connectivity index (χ3v) is 4.58. The number of amides is 1. The quantitative estimate of drug-likeness (QED) is 0.615. The number of nitrogens with zero attached hydrogens (tertiary/aromatic N) is 2. The number of carbonyl (C=O) groups is 1. The minimum absolute atomic E-state index is 0.127. The van der Waals surface area contributed by atoms with Crippen LogP contribution in [0.15, 0.2) is 40.8 Å². The number of rotatable bonds is 5. The van der Waals surface area contributed by atoms with Crippen molar-refractivity contribution >= 4 is 11.8 Å². The van der Waals surface area contributed by atoms with E-state index >= 15 is 0 Å². The van der Waals surface area contributed by atoms with Crippen molar-refractivity contribution in [1.29, 1.82) is 0 Å². The first kappa shape index (κ1) is 19.9. The molecule has 2 heterocycles. The first-order valence-corrected chi connectivity index (χ1v) is 8.66. The molecule has 1 aromatic heterocycles. The number of nitrogens with one attached hydrogen (secondary N) is 1. The summed E-state index contributed by atoms with van der Waals surface area (Å²) in [6, 6.07) is 7.49. The summed E-state index contributed by atoms with van der Waals surface area (Å²) in [6.45, 7) is 1.62. The Morgan fingerprint density at radius 2 is 1.96 bits per heavy atom. The van der Waals surface area contributed by atoms with Crippen molar-refractivity contribution in [2.45, 2.75) is 31.6 Å². The number of alkyl halides is 3. The van der Waals surface area contributed by atoms with Gasteiger partial charge in [0.05, 0.1) is 11.6 Å². The predicted octanol–water partition coefficient (Wildman–Crippen LogP) is 3.60. The first-order valence-electron chi connectivity index (χ1n) is 8.66. The van der Waals surface area contributed by atoms with E-state index in [4.69, 9.17) is 4.42 Å². The average molecular weight is 397 g/mol. The smallest absolute Gasteiger partial charge is 0.395 e. The molecule has 3 rings (SSSR count). The zero-order valence-corrected chi connectivity index (χ0v) is 14.7. The van der Waals surface area contributed by atoms with Crippen LogP contribution in [0.2, 0.25) is 0 Å². The Hall–Kier alpha value is -2.88. The summed E-state index contributed by atoms with van der Waals surface area (Å²) in [5.74, 6) is -1.15. The number of hydrogen-bond donors (Lipinski definition) is 1. The van der Waals surface area contributed by atoms with Gasteiger partial charge in [-0.2, -0.15) is 13.2 Å². The molecule has 1 N–H and O–H groups in total. The fourth-order valence-corrected chi connectivity index (χ4v) is 3.14. The highest BCUT2D eigenvalue weighted by Gasteiger charge is 2.30. The van der Waals surface area contributed by atoms with E-state index in [0.29, 0.717) is 38.0 Å². The molecule has 150 valence electrons. The first-order chi connectivity index (χ1) is 13.2. The summed E-state index contributed by atoms with van der Waals surface area (Å²) in [5, 5.41) is 13.4. The van der Waals surface area contributed by atoms with Gasteiger partial charge < -0.3 is 9.73 Å². The summed E-state index contributed by atoms with van der Waals surface area (Å²) in [6.07, 6.45) is -3.13. The molecular formula is C18H18F3N3O4. The molecule has 1 fully saturated rings. The number of nitro groups is 1. The maximum Gasteiger partial charge on any atom is 0.433 e. The van der Waals surface area contributed by atoms with Crippen LogP contribution in [0.3, 0.4) is 0 Å². The van der Waals surface area contributed by atoms with Crippen LogP contribution in [-0.2, 0) is 12.7 Å². The van der Waals surface area contributed by atoms with E-state index in [0.717, 1.165) is 18.2 Å². The Morgan fingerprint density at radius 1 is 1.25 bits per heavy atom. The lowest BCUT2D eigenvalue weighted by Crippen LogP contribution is -2.44. The second-order valence-corrected chi connectivity index (χ2v) is 6.62. The SMILES string of the molecule is O=C(NC1CCN(Cc2cccc(C(F)(F)F)c2)CC1)c1ccc([N+](=O)[O-])o1. The van der Waals surface area contributed by atoms with E-state index in [-0.39, 0.29) is 11.8 Å². The van der Waals surface area contributed by atoms with Gasteiger partial charge in [0, 0.05) is 25.7 Å². The van der Waals surface area contributed by atoms with Crippen LogP contribution >= 0.6 is 0 Å². The van der Waals surface area contributed by atoms with E-state index in [2.05, 4.69) is 5.32 Å². The van der Waals surface area contributed by atoms with E-state index in [1.54, 1.807) is 6.07 Å². The van der Waals surface area contributed by atoms with Crippen molar-refractivity contribution < 1.29 is 27.3 Å². The maximum absolute atomic E-state index is 12.8. The number of likely N-dealkylation sites (tertiary alicyclic amines) is 1. The number of halogens is 3. The van der Waals surface area contributed by atoms with E-state index in [1.807, 2.05) is 4.90 Å². The van der Waals surface area contributed by atoms with E-state index < -0.39 is 28.5 Å². The number of benzene rings is 1. The van der Waals surface area contributed by atoms with Crippen molar-refractivity contribution in [2.24, 2.45) is 0 Å². The molecule has 2 aromatic rings. The van der Waals surface area contributed by atoms with Gasteiger partial charge in [-0.15, -0.1) is 0 Å². The van der Waals surface area contributed by atoms with Gasteiger partial charge in [0.1, 0.15) is 4.92 Å². The summed E-state index contributed by atoms with van der Waals surface area (Å²) < 4.78 is 43.3. The molecule has 28 heavy (non-hydrogen) atoms. The van der Waals surface area contributed by atoms with Gasteiger partial charge in [0.15, 0.2) is 5.76 Å². The third-order valence-electron chi connectivity index (χ3n) is 4.58. The normalized spacial score (nSPS) is 16.1. The van der Waals surface area contributed by atoms with Crippen LogP contribution in [0.25, 0.3) is 0 Å². The number of furan rings is 1. The fraction of sp³-hybridized carbons (Fsp3) is 0.389. The zero-order chi connectivity index (χ0) is 20.3. The van der Waals surface area contributed by atoms with Gasteiger partial charge in [0.25, 0.3) is 5.91 Å². The van der Waals surface area contributed by atoms with Gasteiger partial charge in [-0.05, 0) is 30.5 Å². The molecule has 7 nitrogen and oxygen atoms in total. The lowest BCUT2D eigenvalue weighted by atomic mass is 10.0. The molecule has 1 saturated heterocycles. The average Bonchev–Trinajstić information content (AvgIpc) is 3.14. The molecule has 0 radical (unpaired) electrons. The van der Waals surface area contributed by atoms with Crippen LogP contribution in [0.5, 0.6) is 0 Å². The van der Waals surface area contributed by atoms with Crippen LogP contribution in [-0.4, -0.2) is 34.9 Å². The molecule has 0 atom stereocenters. The highest BCUT2D eigenvalue weighted by atomic mass is 19.4. The molecule has 0 aliphatic carbocycles. The second-order valence-electron chi connectivity index (χ2n) is 6.62. The third kappa shape index (κ3) is 4.89. The number of hydrogen-bond acceptors (Lipinski definition) is 5. The Balaban J connectivity index is 1.50. The molecule has 1 aliphatic rings. The molecule has 0 bridgehead atoms. The maximum atomic E-state index is 12.8. The van der Waals surface area contributed by atoms with Crippen LogP contribution < -0.4 is 5.32 Å².